The number of aliphatic imine (C=N–C) groups is 1. The van der Waals surface area contributed by atoms with Gasteiger partial charge < -0.3 is 10.5 Å². The van der Waals surface area contributed by atoms with E-state index in [9.17, 15) is 13.2 Å². The molecule has 0 aromatic heterocycles. The Hall–Kier alpha value is -2.21. The van der Waals surface area contributed by atoms with Gasteiger partial charge in [-0.2, -0.15) is 13.2 Å². The molecule has 2 aromatic carbocycles. The molecular weight excluding hydrogens is 317 g/mol. The summed E-state index contributed by atoms with van der Waals surface area (Å²) in [5.41, 5.74) is 4.64. The van der Waals surface area contributed by atoms with E-state index in [4.69, 9.17) is 22.1 Å². The van der Waals surface area contributed by atoms with Crippen LogP contribution in [0.1, 0.15) is 5.56 Å². The molecule has 116 valence electrons. The van der Waals surface area contributed by atoms with Crippen LogP contribution < -0.4 is 10.5 Å². The zero-order valence-corrected chi connectivity index (χ0v) is 12.0. The lowest BCUT2D eigenvalue weighted by molar-refractivity contribution is -0.137. The molecule has 0 unspecified atom stereocenters. The van der Waals surface area contributed by atoms with Gasteiger partial charge in [-0.1, -0.05) is 18.2 Å². The molecule has 0 fully saturated rings. The maximum absolute atomic E-state index is 12.8. The van der Waals surface area contributed by atoms with Crippen LogP contribution in [-0.2, 0) is 6.18 Å². The van der Waals surface area contributed by atoms with E-state index in [2.05, 4.69) is 4.99 Å². The molecule has 0 atom stereocenters. The van der Waals surface area contributed by atoms with Gasteiger partial charge >= 0.3 is 6.18 Å². The Labute approximate surface area is 130 Å². The summed E-state index contributed by atoms with van der Waals surface area (Å²) in [6.07, 6.45) is -4.48. The highest BCUT2D eigenvalue weighted by Crippen LogP contribution is 2.38. The average molecular weight is 329 g/mol. The topological polar surface area (TPSA) is 47.6 Å². The van der Waals surface area contributed by atoms with Crippen LogP contribution in [-0.4, -0.2) is 11.7 Å². The number of hydrogen-bond acceptors (Lipinski definition) is 2. The van der Waals surface area contributed by atoms with Gasteiger partial charge in [0, 0.05) is 0 Å². The zero-order chi connectivity index (χ0) is 16.2. The second kappa shape index (κ2) is 6.70. The van der Waals surface area contributed by atoms with Gasteiger partial charge in [0.05, 0.1) is 11.4 Å². The summed E-state index contributed by atoms with van der Waals surface area (Å²) in [5.74, 6) is 0.537. The quantitative estimate of drug-likeness (QED) is 0.501. The van der Waals surface area contributed by atoms with Gasteiger partial charge in [0.15, 0.2) is 5.75 Å². The monoisotopic (exact) mass is 328 g/mol. The first-order valence-electron chi connectivity index (χ1n) is 6.23. The number of halogens is 4. The van der Waals surface area contributed by atoms with E-state index in [0.717, 1.165) is 12.1 Å². The lowest BCUT2D eigenvalue weighted by Crippen LogP contribution is -2.12. The average Bonchev–Trinajstić information content (AvgIpc) is 2.49. The molecule has 2 N–H and O–H groups in total. The summed E-state index contributed by atoms with van der Waals surface area (Å²) in [5, 5.41) is 0. The van der Waals surface area contributed by atoms with Crippen LogP contribution in [0, 0.1) is 0 Å². The molecule has 0 spiro atoms. The zero-order valence-electron chi connectivity index (χ0n) is 11.3. The Morgan fingerprint density at radius 1 is 1.14 bits per heavy atom. The summed E-state index contributed by atoms with van der Waals surface area (Å²) >= 11 is 5.53. The van der Waals surface area contributed by atoms with Crippen LogP contribution in [0.4, 0.5) is 18.9 Å². The first-order chi connectivity index (χ1) is 10.4. The van der Waals surface area contributed by atoms with Crippen molar-refractivity contribution >= 4 is 23.1 Å². The normalized spacial score (nSPS) is 12.3. The van der Waals surface area contributed by atoms with Gasteiger partial charge in [0.2, 0.25) is 0 Å². The number of rotatable bonds is 4. The lowest BCUT2D eigenvalue weighted by atomic mass is 10.2. The fourth-order valence-electron chi connectivity index (χ4n) is 1.67. The molecule has 22 heavy (non-hydrogen) atoms. The SMILES string of the molecule is NC(CCl)=Nc1cc(C(F)(F)F)ccc1Oc1ccccc1. The number of ether oxygens (including phenoxy) is 1. The molecule has 0 saturated heterocycles. The molecule has 0 amide bonds. The van der Waals surface area contributed by atoms with E-state index in [-0.39, 0.29) is 23.2 Å². The van der Waals surface area contributed by atoms with E-state index in [1.54, 1.807) is 30.3 Å². The molecule has 7 heteroatoms. The molecule has 2 aromatic rings. The predicted molar refractivity (Wildman–Crippen MR) is 80.0 cm³/mol. The number of para-hydroxylation sites is 1. The van der Waals surface area contributed by atoms with E-state index in [1.807, 2.05) is 0 Å². The highest BCUT2D eigenvalue weighted by atomic mass is 35.5. The minimum atomic E-state index is -4.48. The Morgan fingerprint density at radius 2 is 1.82 bits per heavy atom. The third-order valence-corrected chi connectivity index (χ3v) is 2.93. The minimum Gasteiger partial charge on any atom is -0.455 e. The van der Waals surface area contributed by atoms with Crippen LogP contribution in [0.5, 0.6) is 11.5 Å². The number of alkyl halides is 4. The number of nitrogens with two attached hydrogens (primary N) is 1. The van der Waals surface area contributed by atoms with Crippen LogP contribution in [0.15, 0.2) is 53.5 Å². The summed E-state index contributed by atoms with van der Waals surface area (Å²) in [4.78, 5) is 3.89. The van der Waals surface area contributed by atoms with Crippen molar-refractivity contribution < 1.29 is 17.9 Å². The second-order valence-corrected chi connectivity index (χ2v) is 4.60. The molecule has 0 aliphatic rings. The van der Waals surface area contributed by atoms with Crippen molar-refractivity contribution in [2.45, 2.75) is 6.18 Å². The third kappa shape index (κ3) is 4.14. The number of benzene rings is 2. The largest absolute Gasteiger partial charge is 0.455 e. The molecule has 3 nitrogen and oxygen atoms in total. The molecule has 0 bridgehead atoms. The van der Waals surface area contributed by atoms with Crippen molar-refractivity contribution in [3.8, 4) is 11.5 Å². The Kier molecular flexibility index (Phi) is 4.92. The third-order valence-electron chi connectivity index (χ3n) is 2.66. The van der Waals surface area contributed by atoms with Gasteiger partial charge in [-0.05, 0) is 30.3 Å². The predicted octanol–water partition coefficient (Wildman–Crippen LogP) is 4.73. The van der Waals surface area contributed by atoms with Crippen LogP contribution in [0.3, 0.4) is 0 Å². The summed E-state index contributed by atoms with van der Waals surface area (Å²) < 4.78 is 43.9. The van der Waals surface area contributed by atoms with Gasteiger partial charge in [-0.3, -0.25) is 0 Å². The van der Waals surface area contributed by atoms with E-state index >= 15 is 0 Å². The molecular formula is C15H12ClF3N2O. The van der Waals surface area contributed by atoms with Gasteiger partial charge in [0.25, 0.3) is 0 Å². The smallest absolute Gasteiger partial charge is 0.416 e. The van der Waals surface area contributed by atoms with Crippen molar-refractivity contribution in [3.63, 3.8) is 0 Å². The maximum Gasteiger partial charge on any atom is 0.416 e. The highest BCUT2D eigenvalue weighted by Gasteiger charge is 2.31. The van der Waals surface area contributed by atoms with Crippen LogP contribution in [0.2, 0.25) is 0 Å². The standard InChI is InChI=1S/C15H12ClF3N2O/c16-9-14(20)21-12-8-10(15(17,18)19)6-7-13(12)22-11-4-2-1-3-5-11/h1-8H,9H2,(H2,20,21). The summed E-state index contributed by atoms with van der Waals surface area (Å²) in [7, 11) is 0. The highest BCUT2D eigenvalue weighted by molar-refractivity contribution is 6.28. The van der Waals surface area contributed by atoms with E-state index in [1.165, 1.54) is 6.07 Å². The van der Waals surface area contributed by atoms with Crippen molar-refractivity contribution in [1.29, 1.82) is 0 Å². The molecule has 2 rings (SSSR count). The Morgan fingerprint density at radius 3 is 2.41 bits per heavy atom. The fraction of sp³-hybridized carbons (Fsp3) is 0.133. The summed E-state index contributed by atoms with van der Waals surface area (Å²) in [6.45, 7) is 0. The van der Waals surface area contributed by atoms with E-state index < -0.39 is 11.7 Å². The molecule has 0 saturated carbocycles. The van der Waals surface area contributed by atoms with Crippen molar-refractivity contribution in [3.05, 3.63) is 54.1 Å². The number of nitrogens with zero attached hydrogens (tertiary/aromatic N) is 1. The first-order valence-corrected chi connectivity index (χ1v) is 6.77. The van der Waals surface area contributed by atoms with Gasteiger partial charge in [0.1, 0.15) is 17.3 Å². The van der Waals surface area contributed by atoms with E-state index in [0.29, 0.717) is 5.75 Å². The Bertz CT molecular complexity index is 672. The van der Waals surface area contributed by atoms with Crippen molar-refractivity contribution in [1.82, 2.24) is 0 Å². The Balaban J connectivity index is 2.44. The van der Waals surface area contributed by atoms with Crippen LogP contribution in [0.25, 0.3) is 0 Å². The molecule has 0 aliphatic carbocycles. The molecule has 0 radical (unpaired) electrons. The summed E-state index contributed by atoms with van der Waals surface area (Å²) in [6, 6.07) is 11.6. The molecule has 0 heterocycles. The van der Waals surface area contributed by atoms with Crippen molar-refractivity contribution in [2.24, 2.45) is 10.7 Å². The fourth-order valence-corrected chi connectivity index (χ4v) is 1.73. The number of hydrogen-bond donors (Lipinski definition) is 1. The van der Waals surface area contributed by atoms with Crippen molar-refractivity contribution in [2.75, 3.05) is 5.88 Å². The first kappa shape index (κ1) is 16.2. The second-order valence-electron chi connectivity index (χ2n) is 4.33. The maximum atomic E-state index is 12.8. The molecule has 0 aliphatic heterocycles. The van der Waals surface area contributed by atoms with Gasteiger partial charge in [-0.15, -0.1) is 11.6 Å². The lowest BCUT2D eigenvalue weighted by Gasteiger charge is -2.12. The number of amidine groups is 1. The minimum absolute atomic E-state index is 0.00102. The van der Waals surface area contributed by atoms with Gasteiger partial charge in [-0.25, -0.2) is 4.99 Å². The van der Waals surface area contributed by atoms with Crippen LogP contribution >= 0.6 is 11.6 Å².